The lowest BCUT2D eigenvalue weighted by Crippen LogP contribution is -2.32. The maximum atomic E-state index is 13.7. The smallest absolute Gasteiger partial charge is 0.123 e. The van der Waals surface area contributed by atoms with Crippen LogP contribution in [0.2, 0.25) is 0 Å². The third-order valence-electron chi connectivity index (χ3n) is 4.18. The van der Waals surface area contributed by atoms with Gasteiger partial charge in [0.15, 0.2) is 0 Å². The molecule has 0 aliphatic rings. The minimum absolute atomic E-state index is 0.229. The second kappa shape index (κ2) is 9.43. The largest absolute Gasteiger partial charge is 0.492 e. The third-order valence-corrected chi connectivity index (χ3v) is 4.74. The Morgan fingerprint density at radius 3 is 2.96 bits per heavy atom. The van der Waals surface area contributed by atoms with Crippen molar-refractivity contribution in [3.05, 3.63) is 65.7 Å². The zero-order valence-electron chi connectivity index (χ0n) is 15.4. The number of hydrogen-bond acceptors (Lipinski definition) is 5. The van der Waals surface area contributed by atoms with E-state index in [1.165, 1.54) is 17.8 Å². The average molecular weight is 386 g/mol. The molecule has 7 heteroatoms. The van der Waals surface area contributed by atoms with E-state index in [1.807, 2.05) is 31.3 Å². The van der Waals surface area contributed by atoms with Crippen molar-refractivity contribution in [2.45, 2.75) is 26.3 Å². The first-order valence-electron chi connectivity index (χ1n) is 8.86. The van der Waals surface area contributed by atoms with Gasteiger partial charge < -0.3 is 15.0 Å². The van der Waals surface area contributed by atoms with Crippen LogP contribution in [0.3, 0.4) is 0 Å². The minimum Gasteiger partial charge on any atom is -0.492 e. The predicted molar refractivity (Wildman–Crippen MR) is 107 cm³/mol. The molecule has 0 aliphatic carbocycles. The van der Waals surface area contributed by atoms with E-state index in [4.69, 9.17) is 4.74 Å². The molecule has 3 aromatic rings. The predicted octanol–water partition coefficient (Wildman–Crippen LogP) is 4.19. The van der Waals surface area contributed by atoms with Crippen molar-refractivity contribution >= 4 is 22.8 Å². The monoisotopic (exact) mass is 386 g/mol. The van der Waals surface area contributed by atoms with Gasteiger partial charge in [-0.05, 0) is 61.7 Å². The Hall–Kier alpha value is -2.51. The van der Waals surface area contributed by atoms with Gasteiger partial charge in [-0.25, -0.2) is 4.39 Å². The summed E-state index contributed by atoms with van der Waals surface area (Å²) in [5, 5.41) is 3.44. The number of aromatic amines is 1. The molecule has 0 amide bonds. The van der Waals surface area contributed by atoms with E-state index >= 15 is 0 Å². The Kier molecular flexibility index (Phi) is 6.73. The molecular weight excluding hydrogens is 363 g/mol. The van der Waals surface area contributed by atoms with Crippen molar-refractivity contribution in [3.63, 3.8) is 0 Å². The van der Waals surface area contributed by atoms with Crippen molar-refractivity contribution in [2.75, 3.05) is 13.2 Å². The van der Waals surface area contributed by atoms with E-state index in [0.29, 0.717) is 13.2 Å². The highest BCUT2D eigenvalue weighted by Gasteiger charge is 2.06. The summed E-state index contributed by atoms with van der Waals surface area (Å²) in [5.41, 5.74) is 3.72. The standard InChI is InChI=1S/C20H23FN4OS/c1-14-10-17(21)4-3-7-22-13-16(14)11-15(2)23-8-9-26-18-5-6-19-20(12-18)25-27-24-19/h3-7,10,12-13,15,22-23H,8-9,11H2,1-2H3. The molecule has 27 heavy (non-hydrogen) atoms. The van der Waals surface area contributed by atoms with E-state index in [9.17, 15) is 4.39 Å². The topological polar surface area (TPSA) is 62.8 Å². The van der Waals surface area contributed by atoms with Crippen LogP contribution < -0.4 is 10.1 Å². The highest BCUT2D eigenvalue weighted by Crippen LogP contribution is 2.18. The number of aryl methyl sites for hydroxylation is 1. The molecule has 0 fully saturated rings. The number of H-pyrrole nitrogens is 1. The van der Waals surface area contributed by atoms with Crippen molar-refractivity contribution in [3.8, 4) is 5.75 Å². The van der Waals surface area contributed by atoms with Gasteiger partial charge in [0.05, 0.1) is 11.7 Å². The first-order chi connectivity index (χ1) is 13.1. The summed E-state index contributed by atoms with van der Waals surface area (Å²) in [5.74, 6) is 0.542. The molecule has 2 aromatic heterocycles. The van der Waals surface area contributed by atoms with Crippen molar-refractivity contribution < 1.29 is 9.13 Å². The van der Waals surface area contributed by atoms with Crippen LogP contribution >= 0.6 is 11.7 Å². The molecule has 0 saturated carbocycles. The maximum Gasteiger partial charge on any atom is 0.123 e. The first kappa shape index (κ1) is 19.3. The summed E-state index contributed by atoms with van der Waals surface area (Å²) < 4.78 is 27.9. The summed E-state index contributed by atoms with van der Waals surface area (Å²) in [6.45, 7) is 5.30. The van der Waals surface area contributed by atoms with Crippen molar-refractivity contribution in [1.29, 1.82) is 0 Å². The van der Waals surface area contributed by atoms with E-state index < -0.39 is 0 Å². The lowest BCUT2D eigenvalue weighted by molar-refractivity contribution is 0.307. The van der Waals surface area contributed by atoms with Gasteiger partial charge in [-0.2, -0.15) is 8.75 Å². The summed E-state index contributed by atoms with van der Waals surface area (Å²) in [7, 11) is 0. The second-order valence-corrected chi connectivity index (χ2v) is 6.93. The molecule has 0 radical (unpaired) electrons. The van der Waals surface area contributed by atoms with Crippen LogP contribution in [-0.4, -0.2) is 32.9 Å². The first-order valence-corrected chi connectivity index (χ1v) is 9.59. The third kappa shape index (κ3) is 5.74. The Balaban J connectivity index is 1.51. The van der Waals surface area contributed by atoms with Gasteiger partial charge in [-0.3, -0.25) is 0 Å². The molecular formula is C20H23FN4OS. The van der Waals surface area contributed by atoms with Gasteiger partial charge in [-0.15, -0.1) is 0 Å². The maximum absolute atomic E-state index is 13.7. The highest BCUT2D eigenvalue weighted by atomic mass is 32.1. The minimum atomic E-state index is -0.250. The van der Waals surface area contributed by atoms with Gasteiger partial charge in [-0.1, -0.05) is 0 Å². The normalized spacial score (nSPS) is 12.0. The van der Waals surface area contributed by atoms with E-state index in [-0.39, 0.29) is 11.9 Å². The molecule has 1 unspecified atom stereocenters. The van der Waals surface area contributed by atoms with E-state index in [0.717, 1.165) is 34.3 Å². The van der Waals surface area contributed by atoms with Crippen LogP contribution in [0, 0.1) is 12.7 Å². The van der Waals surface area contributed by atoms with E-state index in [1.54, 1.807) is 18.3 Å². The zero-order valence-corrected chi connectivity index (χ0v) is 16.2. The van der Waals surface area contributed by atoms with Crippen LogP contribution in [-0.2, 0) is 6.42 Å². The summed E-state index contributed by atoms with van der Waals surface area (Å²) in [6, 6.07) is 10.6. The molecule has 0 saturated heterocycles. The van der Waals surface area contributed by atoms with Gasteiger partial charge in [0, 0.05) is 31.0 Å². The van der Waals surface area contributed by atoms with Gasteiger partial charge in [0.2, 0.25) is 0 Å². The molecule has 0 spiro atoms. The highest BCUT2D eigenvalue weighted by molar-refractivity contribution is 7.00. The molecule has 1 aromatic carbocycles. The fourth-order valence-corrected chi connectivity index (χ4v) is 3.27. The fraction of sp³-hybridized carbons (Fsp3) is 0.300. The Morgan fingerprint density at radius 1 is 1.22 bits per heavy atom. The average Bonchev–Trinajstić information content (AvgIpc) is 3.13. The van der Waals surface area contributed by atoms with Crippen LogP contribution in [0.5, 0.6) is 5.75 Å². The summed E-state index contributed by atoms with van der Waals surface area (Å²) in [4.78, 5) is 3.08. The molecule has 2 N–H and O–H groups in total. The van der Waals surface area contributed by atoms with Crippen LogP contribution in [0.25, 0.3) is 11.0 Å². The quantitative estimate of drug-likeness (QED) is 0.598. The molecule has 1 atom stereocenters. The number of nitrogens with one attached hydrogen (secondary N) is 2. The van der Waals surface area contributed by atoms with Crippen molar-refractivity contribution in [1.82, 2.24) is 19.0 Å². The molecule has 0 aliphatic heterocycles. The SMILES string of the molecule is Cc1cc(F)ccc[nH]cc1CC(C)NCCOc1ccc2nsnc2c1. The fourth-order valence-electron chi connectivity index (χ4n) is 2.75. The molecule has 142 valence electrons. The van der Waals surface area contributed by atoms with Crippen LogP contribution in [0.4, 0.5) is 4.39 Å². The van der Waals surface area contributed by atoms with Gasteiger partial charge >= 0.3 is 0 Å². The Bertz CT molecular complexity index is 938. The lowest BCUT2D eigenvalue weighted by Gasteiger charge is -2.15. The van der Waals surface area contributed by atoms with Gasteiger partial charge in [0.25, 0.3) is 0 Å². The molecule has 2 heterocycles. The summed E-state index contributed by atoms with van der Waals surface area (Å²) >= 11 is 1.20. The zero-order chi connectivity index (χ0) is 19.1. The Labute approximate surface area is 162 Å². The number of benzene rings is 1. The number of ether oxygens (including phenoxy) is 1. The molecule has 3 rings (SSSR count). The number of aromatic nitrogens is 3. The summed E-state index contributed by atoms with van der Waals surface area (Å²) in [6.07, 6.45) is 4.42. The van der Waals surface area contributed by atoms with E-state index in [2.05, 4.69) is 26.0 Å². The number of hydrogen-bond donors (Lipinski definition) is 2. The Morgan fingerprint density at radius 2 is 2.07 bits per heavy atom. The second-order valence-electron chi connectivity index (χ2n) is 6.40. The van der Waals surface area contributed by atoms with Crippen LogP contribution in [0.1, 0.15) is 18.1 Å². The molecule has 5 nitrogen and oxygen atoms in total. The number of halogens is 1. The van der Waals surface area contributed by atoms with Gasteiger partial charge in [0.1, 0.15) is 29.2 Å². The lowest BCUT2D eigenvalue weighted by atomic mass is 10.1. The number of rotatable bonds is 7. The molecule has 0 bridgehead atoms. The van der Waals surface area contributed by atoms with Crippen molar-refractivity contribution in [2.24, 2.45) is 0 Å². The number of fused-ring (bicyclic) bond motifs is 1. The van der Waals surface area contributed by atoms with Crippen LogP contribution in [0.15, 0.2) is 48.8 Å². The number of nitrogens with zero attached hydrogens (tertiary/aromatic N) is 2.